The van der Waals surface area contributed by atoms with E-state index in [1.54, 1.807) is 0 Å². The van der Waals surface area contributed by atoms with Crippen molar-refractivity contribution in [3.05, 3.63) is 0 Å². The van der Waals surface area contributed by atoms with Crippen LogP contribution >= 0.6 is 0 Å². The van der Waals surface area contributed by atoms with E-state index in [9.17, 15) is 15.0 Å². The van der Waals surface area contributed by atoms with Gasteiger partial charge in [-0.3, -0.25) is 4.79 Å². The lowest BCUT2D eigenvalue weighted by atomic mass is 10.0. The van der Waals surface area contributed by atoms with Gasteiger partial charge in [-0.15, -0.1) is 0 Å². The molecule has 210 valence electrons. The molecule has 0 unspecified atom stereocenters. The molecule has 0 aliphatic heterocycles. The highest BCUT2D eigenvalue weighted by Crippen LogP contribution is 2.13. The van der Waals surface area contributed by atoms with Crippen LogP contribution in [0.15, 0.2) is 0 Å². The summed E-state index contributed by atoms with van der Waals surface area (Å²) in [4.78, 5) is 11.8. The Labute approximate surface area is 213 Å². The highest BCUT2D eigenvalue weighted by molar-refractivity contribution is 5.69. The lowest BCUT2D eigenvalue weighted by Crippen LogP contribution is -2.29. The molecule has 0 aromatic carbocycles. The van der Waals surface area contributed by atoms with E-state index in [2.05, 4.69) is 6.92 Å². The Morgan fingerprint density at radius 3 is 1.37 bits per heavy atom. The maximum absolute atomic E-state index is 11.8. The second-order valence-electron chi connectivity index (χ2n) is 9.60. The van der Waals surface area contributed by atoms with Gasteiger partial charge in [-0.2, -0.15) is 0 Å². The minimum Gasteiger partial charge on any atom is -0.463 e. The van der Waals surface area contributed by atoms with Gasteiger partial charge in [-0.1, -0.05) is 96.8 Å². The number of rotatable bonds is 27. The quantitative estimate of drug-likeness (QED) is 0.0976. The molecule has 4 N–H and O–H groups in total. The van der Waals surface area contributed by atoms with Crippen LogP contribution in [0.3, 0.4) is 0 Å². The molecule has 0 spiro atoms. The first-order chi connectivity index (χ1) is 17.0. The number of esters is 1. The van der Waals surface area contributed by atoms with Crippen LogP contribution in [0.4, 0.5) is 0 Å². The summed E-state index contributed by atoms with van der Waals surface area (Å²) in [7, 11) is 0. The zero-order chi connectivity index (χ0) is 26.0. The number of carbonyl (C=O) groups is 1. The van der Waals surface area contributed by atoms with Gasteiger partial charge in [-0.05, 0) is 6.42 Å². The Morgan fingerprint density at radius 2 is 0.943 bits per heavy atom. The highest BCUT2D eigenvalue weighted by Gasteiger charge is 2.12. The molecule has 3 atom stereocenters. The van der Waals surface area contributed by atoms with Crippen LogP contribution in [-0.2, 0) is 19.0 Å². The minimum atomic E-state index is -0.978. The lowest BCUT2D eigenvalue weighted by molar-refractivity contribution is -0.148. The van der Waals surface area contributed by atoms with E-state index in [0.29, 0.717) is 6.42 Å². The average Bonchev–Trinajstić information content (AvgIpc) is 2.85. The van der Waals surface area contributed by atoms with Gasteiger partial charge in [0.1, 0.15) is 24.9 Å². The maximum atomic E-state index is 11.8. The van der Waals surface area contributed by atoms with Crippen LogP contribution in [0.2, 0.25) is 0 Å². The Balaban J connectivity index is 3.39. The summed E-state index contributed by atoms with van der Waals surface area (Å²) in [6, 6.07) is 0. The van der Waals surface area contributed by atoms with Gasteiger partial charge < -0.3 is 34.6 Å². The molecule has 0 aromatic heterocycles. The Morgan fingerprint density at radius 1 is 0.571 bits per heavy atom. The number of hydrogen-bond acceptors (Lipinski definition) is 8. The molecule has 0 fully saturated rings. The average molecular weight is 507 g/mol. The van der Waals surface area contributed by atoms with Crippen molar-refractivity contribution >= 4 is 5.97 Å². The highest BCUT2D eigenvalue weighted by atomic mass is 16.6. The van der Waals surface area contributed by atoms with Crippen molar-refractivity contribution < 1.29 is 39.4 Å². The normalized spacial score (nSPS) is 14.1. The van der Waals surface area contributed by atoms with Crippen molar-refractivity contribution in [2.45, 2.75) is 128 Å². The largest absolute Gasteiger partial charge is 0.463 e. The molecule has 0 rings (SSSR count). The molecule has 0 aromatic rings. The molecular weight excluding hydrogens is 452 g/mol. The first-order valence-corrected chi connectivity index (χ1v) is 14.0. The van der Waals surface area contributed by atoms with Crippen LogP contribution in [-0.4, -0.2) is 84.3 Å². The van der Waals surface area contributed by atoms with Crippen LogP contribution in [0.1, 0.15) is 110 Å². The van der Waals surface area contributed by atoms with E-state index in [1.807, 2.05) is 0 Å². The van der Waals surface area contributed by atoms with E-state index in [0.717, 1.165) is 19.3 Å². The Kier molecular flexibility index (Phi) is 25.7. The third-order valence-corrected chi connectivity index (χ3v) is 5.87. The van der Waals surface area contributed by atoms with E-state index in [-0.39, 0.29) is 39.0 Å². The summed E-state index contributed by atoms with van der Waals surface area (Å²) in [5.41, 5.74) is 0. The number of aliphatic hydroxyl groups is 4. The summed E-state index contributed by atoms with van der Waals surface area (Å²) >= 11 is 0. The number of aliphatic hydroxyl groups excluding tert-OH is 4. The predicted molar refractivity (Wildman–Crippen MR) is 137 cm³/mol. The SMILES string of the molecule is CCCCCCCCCCCCCCCCCC(=O)OC[C@@H](O)COC[C@H](O)COC[C@H](O)CO. The molecule has 0 aliphatic rings. The van der Waals surface area contributed by atoms with Crippen LogP contribution < -0.4 is 0 Å². The molecule has 0 saturated carbocycles. The van der Waals surface area contributed by atoms with Gasteiger partial charge in [-0.25, -0.2) is 0 Å². The van der Waals surface area contributed by atoms with Crippen molar-refractivity contribution in [1.82, 2.24) is 0 Å². The van der Waals surface area contributed by atoms with Crippen molar-refractivity contribution in [2.24, 2.45) is 0 Å². The fraction of sp³-hybridized carbons (Fsp3) is 0.963. The molecule has 0 radical (unpaired) electrons. The van der Waals surface area contributed by atoms with Gasteiger partial charge in [0.25, 0.3) is 0 Å². The monoisotopic (exact) mass is 506 g/mol. The molecule has 8 heteroatoms. The van der Waals surface area contributed by atoms with Crippen LogP contribution in [0.25, 0.3) is 0 Å². The third-order valence-electron chi connectivity index (χ3n) is 5.87. The fourth-order valence-corrected chi connectivity index (χ4v) is 3.73. The van der Waals surface area contributed by atoms with Crippen molar-refractivity contribution in [3.8, 4) is 0 Å². The topological polar surface area (TPSA) is 126 Å². The summed E-state index contributed by atoms with van der Waals surface area (Å²) in [6.07, 6.45) is 16.7. The van der Waals surface area contributed by atoms with Gasteiger partial charge >= 0.3 is 5.97 Å². The summed E-state index contributed by atoms with van der Waals surface area (Å²) < 4.78 is 15.3. The molecular formula is C27H54O8. The van der Waals surface area contributed by atoms with Gasteiger partial charge in [0.05, 0.1) is 33.0 Å². The standard InChI is InChI=1S/C27H54O8/c1-2-3-4-5-6-7-8-9-10-11-12-13-14-15-16-17-27(32)35-23-26(31)22-34-21-25(30)20-33-19-24(29)18-28/h24-26,28-31H,2-23H2,1H3/t24-,25-,26+/m1/s1. The summed E-state index contributed by atoms with van der Waals surface area (Å²) in [5, 5.41) is 37.3. The molecule has 35 heavy (non-hydrogen) atoms. The Hall–Kier alpha value is -0.770. The fourth-order valence-electron chi connectivity index (χ4n) is 3.73. The second-order valence-corrected chi connectivity index (χ2v) is 9.60. The van der Waals surface area contributed by atoms with E-state index >= 15 is 0 Å². The Bertz CT molecular complexity index is 449. The van der Waals surface area contributed by atoms with Gasteiger partial charge in [0.15, 0.2) is 0 Å². The van der Waals surface area contributed by atoms with Crippen molar-refractivity contribution in [2.75, 3.05) is 39.6 Å². The minimum absolute atomic E-state index is 0.0542. The van der Waals surface area contributed by atoms with Crippen LogP contribution in [0.5, 0.6) is 0 Å². The molecule has 0 aliphatic carbocycles. The zero-order valence-electron chi connectivity index (χ0n) is 22.2. The zero-order valence-corrected chi connectivity index (χ0v) is 22.2. The maximum Gasteiger partial charge on any atom is 0.305 e. The molecule has 0 bridgehead atoms. The van der Waals surface area contributed by atoms with Gasteiger partial charge in [0.2, 0.25) is 0 Å². The van der Waals surface area contributed by atoms with Crippen molar-refractivity contribution in [1.29, 1.82) is 0 Å². The van der Waals surface area contributed by atoms with E-state index in [1.165, 1.54) is 77.0 Å². The van der Waals surface area contributed by atoms with E-state index < -0.39 is 24.9 Å². The molecule has 0 saturated heterocycles. The van der Waals surface area contributed by atoms with E-state index in [4.69, 9.17) is 24.4 Å². The smallest absolute Gasteiger partial charge is 0.305 e. The summed E-state index contributed by atoms with van der Waals surface area (Å²) in [5.74, 6) is -0.311. The lowest BCUT2D eigenvalue weighted by Gasteiger charge is -2.15. The number of carbonyl (C=O) groups excluding carboxylic acids is 1. The second kappa shape index (κ2) is 26.3. The van der Waals surface area contributed by atoms with Gasteiger partial charge in [0, 0.05) is 6.42 Å². The first kappa shape index (κ1) is 34.2. The van der Waals surface area contributed by atoms with Crippen molar-refractivity contribution in [3.63, 3.8) is 0 Å². The number of ether oxygens (including phenoxy) is 3. The molecule has 0 amide bonds. The third kappa shape index (κ3) is 26.1. The molecule has 0 heterocycles. The molecule has 8 nitrogen and oxygen atoms in total. The number of unbranched alkanes of at least 4 members (excludes halogenated alkanes) is 14. The van der Waals surface area contributed by atoms with Crippen LogP contribution in [0, 0.1) is 0 Å². The summed E-state index contributed by atoms with van der Waals surface area (Å²) in [6.45, 7) is 1.46. The number of hydrogen-bond donors (Lipinski definition) is 4. The first-order valence-electron chi connectivity index (χ1n) is 14.0. The predicted octanol–water partition coefficient (Wildman–Crippen LogP) is 3.90.